The van der Waals surface area contributed by atoms with Crippen LogP contribution in [0.25, 0.3) is 10.9 Å². The lowest BCUT2D eigenvalue weighted by molar-refractivity contribution is 0.256. The van der Waals surface area contributed by atoms with Gasteiger partial charge in [0, 0.05) is 27.8 Å². The van der Waals surface area contributed by atoms with Crippen molar-refractivity contribution in [2.24, 2.45) is 0 Å². The number of rotatable bonds is 5. The number of urea groups is 1. The maximum Gasteiger partial charge on any atom is 0.333 e. The number of para-hydroxylation sites is 1. The number of carbonyl (C=O) groups is 1. The Morgan fingerprint density at radius 3 is 2.21 bits per heavy atom. The van der Waals surface area contributed by atoms with Crippen molar-refractivity contribution >= 4 is 44.2 Å². The van der Waals surface area contributed by atoms with Crippen molar-refractivity contribution < 1.29 is 13.2 Å². The number of halogens is 1. The van der Waals surface area contributed by atoms with Gasteiger partial charge in [-0.2, -0.15) is 0 Å². The molecule has 0 radical (unpaired) electrons. The lowest BCUT2D eigenvalue weighted by Gasteiger charge is -2.21. The molecule has 1 heterocycles. The molecule has 1 aromatic heterocycles. The number of aromatic nitrogens is 1. The van der Waals surface area contributed by atoms with E-state index in [2.05, 4.69) is 15.0 Å². The van der Waals surface area contributed by atoms with E-state index in [-0.39, 0.29) is 16.7 Å². The van der Waals surface area contributed by atoms with Crippen LogP contribution >= 0.6 is 11.6 Å². The monoisotopic (exact) mass is 433 g/mol. The quantitative estimate of drug-likeness (QED) is 0.490. The van der Waals surface area contributed by atoms with E-state index in [4.69, 9.17) is 11.6 Å². The first kappa shape index (κ1) is 21.2. The zero-order valence-electron chi connectivity index (χ0n) is 16.7. The zero-order chi connectivity index (χ0) is 21.3. The summed E-state index contributed by atoms with van der Waals surface area (Å²) in [4.78, 5) is 15.6. The Morgan fingerprint density at radius 1 is 1.03 bits per heavy atom. The molecule has 0 spiro atoms. The third kappa shape index (κ3) is 4.41. The summed E-state index contributed by atoms with van der Waals surface area (Å²) in [5.74, 6) is 0.179. The van der Waals surface area contributed by atoms with Crippen molar-refractivity contribution in [3.63, 3.8) is 0 Å². The van der Waals surface area contributed by atoms with Crippen LogP contribution in [0.15, 0.2) is 47.5 Å². The van der Waals surface area contributed by atoms with E-state index in [0.29, 0.717) is 21.6 Å². The van der Waals surface area contributed by atoms with Crippen LogP contribution in [0.2, 0.25) is 5.02 Å². The van der Waals surface area contributed by atoms with Crippen molar-refractivity contribution in [3.05, 3.63) is 58.7 Å². The van der Waals surface area contributed by atoms with Crippen LogP contribution in [0, 0.1) is 0 Å². The number of anilines is 1. The number of nitrogens with one attached hydrogen (secondary N) is 3. The van der Waals surface area contributed by atoms with Gasteiger partial charge in [-0.05, 0) is 41.2 Å². The summed E-state index contributed by atoms with van der Waals surface area (Å²) in [6, 6.07) is 9.77. The molecular weight excluding hydrogens is 410 g/mol. The normalized spacial score (nSPS) is 12.0. The van der Waals surface area contributed by atoms with Crippen molar-refractivity contribution in [2.75, 3.05) is 5.32 Å². The van der Waals surface area contributed by atoms with Crippen LogP contribution < -0.4 is 10.0 Å². The van der Waals surface area contributed by atoms with Crippen LogP contribution in [0.3, 0.4) is 0 Å². The fourth-order valence-electron chi connectivity index (χ4n) is 3.29. The number of hydrogen-bond donors (Lipinski definition) is 3. The largest absolute Gasteiger partial charge is 0.360 e. The topological polar surface area (TPSA) is 91.1 Å². The fourth-order valence-corrected chi connectivity index (χ4v) is 4.61. The lowest BCUT2D eigenvalue weighted by atomic mass is 9.92. The molecule has 0 aliphatic rings. The van der Waals surface area contributed by atoms with E-state index in [1.54, 1.807) is 36.4 Å². The first-order valence-corrected chi connectivity index (χ1v) is 11.2. The Kier molecular flexibility index (Phi) is 5.91. The number of benzene rings is 2. The molecule has 3 N–H and O–H groups in total. The van der Waals surface area contributed by atoms with Gasteiger partial charge in [0.25, 0.3) is 10.0 Å². The second-order valence-electron chi connectivity index (χ2n) is 7.53. The predicted octanol–water partition coefficient (Wildman–Crippen LogP) is 5.58. The summed E-state index contributed by atoms with van der Waals surface area (Å²) in [7, 11) is -4.06. The van der Waals surface area contributed by atoms with Crippen molar-refractivity contribution in [1.29, 1.82) is 0 Å². The third-order valence-electron chi connectivity index (χ3n) is 4.71. The Bertz CT molecular complexity index is 1140. The Labute approximate surface area is 175 Å². The number of H-pyrrole nitrogens is 1. The average Bonchev–Trinajstić information content (AvgIpc) is 3.07. The van der Waals surface area contributed by atoms with Crippen LogP contribution in [0.4, 0.5) is 10.5 Å². The Morgan fingerprint density at radius 2 is 1.62 bits per heavy atom. The highest BCUT2D eigenvalue weighted by atomic mass is 35.5. The van der Waals surface area contributed by atoms with Crippen molar-refractivity contribution in [2.45, 2.75) is 44.4 Å². The highest BCUT2D eigenvalue weighted by Crippen LogP contribution is 2.35. The van der Waals surface area contributed by atoms with Crippen LogP contribution in [-0.2, 0) is 10.0 Å². The molecule has 0 saturated heterocycles. The van der Waals surface area contributed by atoms with Gasteiger partial charge < -0.3 is 10.3 Å². The summed E-state index contributed by atoms with van der Waals surface area (Å²) in [6.45, 7) is 7.95. The molecule has 0 aliphatic heterocycles. The molecule has 2 aromatic carbocycles. The Balaban J connectivity index is 1.93. The number of hydrogen-bond acceptors (Lipinski definition) is 3. The minimum absolute atomic E-state index is 0.0209. The highest BCUT2D eigenvalue weighted by Gasteiger charge is 2.23. The summed E-state index contributed by atoms with van der Waals surface area (Å²) in [5.41, 5.74) is 2.96. The lowest BCUT2D eigenvalue weighted by Crippen LogP contribution is -2.35. The fraction of sp³-hybridized carbons (Fsp3) is 0.286. The molecule has 0 fully saturated rings. The van der Waals surface area contributed by atoms with Gasteiger partial charge >= 0.3 is 6.03 Å². The molecule has 0 unspecified atom stereocenters. The van der Waals surface area contributed by atoms with Gasteiger partial charge in [0.2, 0.25) is 0 Å². The minimum atomic E-state index is -4.06. The number of fused-ring (bicyclic) bond motifs is 1. The third-order valence-corrected chi connectivity index (χ3v) is 6.30. The molecule has 2 amide bonds. The maximum absolute atomic E-state index is 12.8. The van der Waals surface area contributed by atoms with Crippen molar-refractivity contribution in [3.8, 4) is 0 Å². The Hall–Kier alpha value is -2.51. The van der Waals surface area contributed by atoms with Gasteiger partial charge in [0.05, 0.1) is 0 Å². The van der Waals surface area contributed by atoms with Gasteiger partial charge in [0.15, 0.2) is 0 Å². The average molecular weight is 434 g/mol. The van der Waals surface area contributed by atoms with Crippen LogP contribution in [0.1, 0.15) is 50.7 Å². The van der Waals surface area contributed by atoms with E-state index in [1.807, 2.05) is 27.7 Å². The van der Waals surface area contributed by atoms with E-state index < -0.39 is 16.1 Å². The maximum atomic E-state index is 12.8. The molecule has 8 heteroatoms. The number of amides is 2. The first-order valence-electron chi connectivity index (χ1n) is 9.33. The van der Waals surface area contributed by atoms with Gasteiger partial charge in [-0.25, -0.2) is 17.9 Å². The van der Waals surface area contributed by atoms with Gasteiger partial charge in [-0.3, -0.25) is 0 Å². The first-order chi connectivity index (χ1) is 13.6. The van der Waals surface area contributed by atoms with Crippen molar-refractivity contribution in [1.82, 2.24) is 9.71 Å². The second-order valence-corrected chi connectivity index (χ2v) is 9.61. The summed E-state index contributed by atoms with van der Waals surface area (Å²) in [5, 5.41) is 3.83. The molecule has 0 bridgehead atoms. The molecule has 0 aliphatic carbocycles. The van der Waals surface area contributed by atoms with Gasteiger partial charge in [0.1, 0.15) is 4.90 Å². The van der Waals surface area contributed by atoms with Crippen LogP contribution in [-0.4, -0.2) is 19.4 Å². The zero-order valence-corrected chi connectivity index (χ0v) is 18.3. The second kappa shape index (κ2) is 8.08. The summed E-state index contributed by atoms with van der Waals surface area (Å²) in [6.07, 6.45) is 1.38. The SMILES string of the molecule is CC(C)c1cc(Cl)cc(C(C)C)c1NC(=O)NS(=O)(=O)c1c[nH]c2ccccc12. The summed E-state index contributed by atoms with van der Waals surface area (Å²) >= 11 is 6.25. The number of sulfonamides is 1. The highest BCUT2D eigenvalue weighted by molar-refractivity contribution is 7.90. The molecule has 29 heavy (non-hydrogen) atoms. The van der Waals surface area contributed by atoms with E-state index in [9.17, 15) is 13.2 Å². The van der Waals surface area contributed by atoms with Crippen LogP contribution in [0.5, 0.6) is 0 Å². The standard InChI is InChI=1S/C21H24ClN3O3S/c1-12(2)16-9-14(22)10-17(13(3)4)20(16)24-21(26)25-29(27,28)19-11-23-18-8-6-5-7-15(18)19/h5-13,23H,1-4H3,(H2,24,25,26). The van der Waals surface area contributed by atoms with E-state index in [0.717, 1.165) is 11.1 Å². The van der Waals surface area contributed by atoms with E-state index in [1.165, 1.54) is 6.20 Å². The van der Waals surface area contributed by atoms with E-state index >= 15 is 0 Å². The predicted molar refractivity (Wildman–Crippen MR) is 117 cm³/mol. The number of carbonyl (C=O) groups excluding carboxylic acids is 1. The molecular formula is C21H24ClN3O3S. The van der Waals surface area contributed by atoms with Gasteiger partial charge in [-0.1, -0.05) is 57.5 Å². The number of aromatic amines is 1. The minimum Gasteiger partial charge on any atom is -0.360 e. The summed E-state index contributed by atoms with van der Waals surface area (Å²) < 4.78 is 27.7. The molecule has 3 rings (SSSR count). The molecule has 3 aromatic rings. The van der Waals surface area contributed by atoms with Gasteiger partial charge in [-0.15, -0.1) is 0 Å². The molecule has 0 saturated carbocycles. The smallest absolute Gasteiger partial charge is 0.333 e. The molecule has 6 nitrogen and oxygen atoms in total. The molecule has 154 valence electrons. The molecule has 0 atom stereocenters.